The predicted molar refractivity (Wildman–Crippen MR) is 177 cm³/mol. The van der Waals surface area contributed by atoms with Gasteiger partial charge in [-0.3, -0.25) is 19.2 Å². The Morgan fingerprint density at radius 1 is 1.00 bits per heavy atom. The van der Waals surface area contributed by atoms with Crippen LogP contribution in [0.3, 0.4) is 0 Å². The summed E-state index contributed by atoms with van der Waals surface area (Å²) in [7, 11) is 1.71. The van der Waals surface area contributed by atoms with Gasteiger partial charge in [-0.1, -0.05) is 75.4 Å². The largest absolute Gasteiger partial charge is 0.455 e. The van der Waals surface area contributed by atoms with Crippen molar-refractivity contribution in [1.82, 2.24) is 14.7 Å². The highest BCUT2D eigenvalue weighted by molar-refractivity contribution is 5.99. The minimum atomic E-state index is -1.42. The summed E-state index contributed by atoms with van der Waals surface area (Å²) in [6, 6.07) is 7.78. The highest BCUT2D eigenvalue weighted by Crippen LogP contribution is 2.54. The van der Waals surface area contributed by atoms with Crippen LogP contribution in [-0.2, 0) is 28.7 Å². The monoisotopic (exact) mass is 649 g/mol. The molecule has 2 saturated heterocycles. The number of aliphatic hydroxyl groups excluding tert-OH is 1. The second-order valence-corrected chi connectivity index (χ2v) is 15.3. The number of rotatable bonds is 6. The molecule has 0 radical (unpaired) electrons. The van der Waals surface area contributed by atoms with E-state index >= 15 is 0 Å². The number of likely N-dealkylation sites (tertiary alicyclic amines) is 1. The van der Waals surface area contributed by atoms with Gasteiger partial charge in [0.2, 0.25) is 17.7 Å². The van der Waals surface area contributed by atoms with Crippen molar-refractivity contribution in [2.24, 2.45) is 17.3 Å². The van der Waals surface area contributed by atoms with Crippen LogP contribution in [0, 0.1) is 17.3 Å². The summed E-state index contributed by atoms with van der Waals surface area (Å²) in [5.41, 5.74) is -1.30. The molecular weight excluding hydrogens is 598 g/mol. The second-order valence-electron chi connectivity index (χ2n) is 15.3. The van der Waals surface area contributed by atoms with E-state index in [-0.39, 0.29) is 49.1 Å². The van der Waals surface area contributed by atoms with Crippen molar-refractivity contribution in [3.63, 3.8) is 0 Å². The summed E-state index contributed by atoms with van der Waals surface area (Å²) < 4.78 is 13.1. The standard InChI is InChI=1S/C37H51N3O7/c1-24-30(25-15-9-8-10-16-25)46-34(45)28-26(17-11-12-18-27(42)38(24)7)47-37-19-13-21-40(36(5,6)23-35(2,3)4)33(44)31(37)39(20-14-22-41)32(43)29(28)37/h8-11,13,15-17,19,24,26,28-31,41H,12,14,18,20-23H2,1-7H3/b17-11-/t24-,26-,28+,29+,30+,31-,37+/m0/s1. The third kappa shape index (κ3) is 6.51. The Balaban J connectivity index is 1.60. The Kier molecular flexibility index (Phi) is 9.77. The number of aliphatic hydroxyl groups is 1. The number of ether oxygens (including phenoxy) is 2. The molecule has 7 atom stereocenters. The van der Waals surface area contributed by atoms with Crippen LogP contribution in [0.25, 0.3) is 0 Å². The number of esters is 1. The Morgan fingerprint density at radius 2 is 1.70 bits per heavy atom. The number of amides is 3. The maximum Gasteiger partial charge on any atom is 0.313 e. The lowest BCUT2D eigenvalue weighted by molar-refractivity contribution is -0.164. The average Bonchev–Trinajstić information content (AvgIpc) is 3.38. The van der Waals surface area contributed by atoms with Gasteiger partial charge in [0, 0.05) is 38.7 Å². The van der Waals surface area contributed by atoms with Crippen molar-refractivity contribution >= 4 is 23.7 Å². The van der Waals surface area contributed by atoms with Gasteiger partial charge in [0.25, 0.3) is 0 Å². The first kappa shape index (κ1) is 34.8. The molecule has 2 fully saturated rings. The van der Waals surface area contributed by atoms with Gasteiger partial charge in [-0.2, -0.15) is 0 Å². The number of hydrogen-bond acceptors (Lipinski definition) is 7. The van der Waals surface area contributed by atoms with Crippen LogP contribution < -0.4 is 0 Å². The van der Waals surface area contributed by atoms with E-state index in [4.69, 9.17) is 9.47 Å². The third-order valence-corrected chi connectivity index (χ3v) is 10.2. The number of carbonyl (C=O) groups excluding carboxylic acids is 4. The van der Waals surface area contributed by atoms with Gasteiger partial charge >= 0.3 is 5.97 Å². The molecule has 4 aliphatic rings. The number of nitrogens with zero attached hydrogens (tertiary/aromatic N) is 3. The normalized spacial score (nSPS) is 32.6. The second kappa shape index (κ2) is 13.2. The summed E-state index contributed by atoms with van der Waals surface area (Å²) in [5, 5.41) is 9.76. The molecule has 10 heteroatoms. The number of hydrogen-bond donors (Lipinski definition) is 1. The van der Waals surface area contributed by atoms with Gasteiger partial charge < -0.3 is 29.3 Å². The molecule has 4 aliphatic heterocycles. The zero-order chi connectivity index (χ0) is 34.3. The van der Waals surface area contributed by atoms with Gasteiger partial charge in [-0.25, -0.2) is 0 Å². The van der Waals surface area contributed by atoms with E-state index in [0.717, 1.165) is 12.0 Å². The van der Waals surface area contributed by atoms with Crippen molar-refractivity contribution < 1.29 is 33.8 Å². The molecule has 4 heterocycles. The van der Waals surface area contributed by atoms with Gasteiger partial charge in [0.05, 0.1) is 18.1 Å². The fourth-order valence-corrected chi connectivity index (χ4v) is 8.31. The number of allylic oxidation sites excluding steroid dienone is 1. The number of benzene rings is 1. The van der Waals surface area contributed by atoms with Gasteiger partial charge in [-0.15, -0.1) is 0 Å². The van der Waals surface area contributed by atoms with Crippen molar-refractivity contribution in [2.45, 2.75) is 103 Å². The van der Waals surface area contributed by atoms with E-state index < -0.39 is 53.2 Å². The number of cyclic esters (lactones) is 1. The lowest BCUT2D eigenvalue weighted by atomic mass is 9.77. The lowest BCUT2D eigenvalue weighted by Gasteiger charge is -2.44. The van der Waals surface area contributed by atoms with E-state index in [1.165, 1.54) is 4.90 Å². The Bertz CT molecular complexity index is 1420. The highest BCUT2D eigenvalue weighted by Gasteiger charge is 2.72. The van der Waals surface area contributed by atoms with Crippen LogP contribution in [0.1, 0.15) is 78.9 Å². The smallest absolute Gasteiger partial charge is 0.313 e. The molecule has 3 amide bonds. The van der Waals surface area contributed by atoms with Gasteiger partial charge in [-0.05, 0) is 51.0 Å². The maximum absolute atomic E-state index is 14.8. The van der Waals surface area contributed by atoms with Crippen LogP contribution in [0.5, 0.6) is 0 Å². The molecule has 0 saturated carbocycles. The maximum atomic E-state index is 14.8. The quantitative estimate of drug-likeness (QED) is 0.365. The first-order chi connectivity index (χ1) is 22.1. The predicted octanol–water partition coefficient (Wildman–Crippen LogP) is 4.04. The highest BCUT2D eigenvalue weighted by atomic mass is 16.6. The molecule has 0 aliphatic carbocycles. The molecule has 0 unspecified atom stereocenters. The first-order valence-electron chi connectivity index (χ1n) is 16.9. The van der Waals surface area contributed by atoms with Crippen molar-refractivity contribution in [2.75, 3.05) is 26.7 Å². The molecular formula is C37H51N3O7. The minimum Gasteiger partial charge on any atom is -0.455 e. The minimum absolute atomic E-state index is 0.0672. The Morgan fingerprint density at radius 3 is 2.36 bits per heavy atom. The van der Waals surface area contributed by atoms with E-state index in [9.17, 15) is 24.3 Å². The molecule has 5 rings (SSSR count). The zero-order valence-corrected chi connectivity index (χ0v) is 28.8. The van der Waals surface area contributed by atoms with E-state index in [2.05, 4.69) is 20.8 Å². The molecule has 1 N–H and O–H groups in total. The van der Waals surface area contributed by atoms with Crippen molar-refractivity contribution in [3.05, 3.63) is 60.2 Å². The Hall–Kier alpha value is -3.50. The molecule has 47 heavy (non-hydrogen) atoms. The molecule has 1 spiro atoms. The fourth-order valence-electron chi connectivity index (χ4n) is 8.31. The van der Waals surface area contributed by atoms with Gasteiger partial charge in [0.1, 0.15) is 23.7 Å². The van der Waals surface area contributed by atoms with Gasteiger partial charge in [0.15, 0.2) is 0 Å². The molecule has 256 valence electrons. The Labute approximate surface area is 278 Å². The first-order valence-corrected chi connectivity index (χ1v) is 16.9. The topological polar surface area (TPSA) is 117 Å². The van der Waals surface area contributed by atoms with Crippen LogP contribution in [0.2, 0.25) is 0 Å². The van der Waals surface area contributed by atoms with E-state index in [0.29, 0.717) is 13.0 Å². The molecule has 1 aromatic carbocycles. The molecule has 0 bridgehead atoms. The average molecular weight is 650 g/mol. The number of fused-ring (bicyclic) bond motifs is 2. The van der Waals surface area contributed by atoms with Crippen LogP contribution in [0.15, 0.2) is 54.6 Å². The van der Waals surface area contributed by atoms with E-state index in [1.807, 2.05) is 74.2 Å². The summed E-state index contributed by atoms with van der Waals surface area (Å²) in [4.78, 5) is 61.9. The van der Waals surface area contributed by atoms with Crippen molar-refractivity contribution in [3.8, 4) is 0 Å². The van der Waals surface area contributed by atoms with E-state index in [1.54, 1.807) is 18.0 Å². The van der Waals surface area contributed by atoms with Crippen LogP contribution in [-0.4, -0.2) is 99.6 Å². The summed E-state index contributed by atoms with van der Waals surface area (Å²) in [5.74, 6) is -3.35. The molecule has 1 aromatic rings. The third-order valence-electron chi connectivity index (χ3n) is 10.2. The number of likely N-dealkylation sites (N-methyl/N-ethyl adjacent to an activating group) is 1. The SMILES string of the molecule is C[C@H]1[C@H](c2ccccc2)OC(=O)[C@@H]2[C@H](/C=C\CCC(=O)N1C)O[C@@]13C=CCN(C(C)(C)CC(C)(C)C)C(=O)[C@@H]1N(CCCO)C(=O)[C@@H]23. The fraction of sp³-hybridized carbons (Fsp3) is 0.622. The lowest BCUT2D eigenvalue weighted by Crippen LogP contribution is -2.60. The van der Waals surface area contributed by atoms with Crippen LogP contribution in [0.4, 0.5) is 0 Å². The van der Waals surface area contributed by atoms with Crippen molar-refractivity contribution in [1.29, 1.82) is 0 Å². The summed E-state index contributed by atoms with van der Waals surface area (Å²) in [6.45, 7) is 12.7. The van der Waals surface area contributed by atoms with Crippen LogP contribution >= 0.6 is 0 Å². The zero-order valence-electron chi connectivity index (χ0n) is 28.8. The summed E-state index contributed by atoms with van der Waals surface area (Å²) in [6.07, 6.45) is 7.32. The molecule has 0 aromatic heterocycles. The number of carbonyl (C=O) groups is 4. The summed E-state index contributed by atoms with van der Waals surface area (Å²) >= 11 is 0. The molecule has 10 nitrogen and oxygen atoms in total.